The van der Waals surface area contributed by atoms with Gasteiger partial charge in [-0.3, -0.25) is 4.90 Å². The maximum absolute atomic E-state index is 13.1. The number of likely N-dealkylation sites (N-methyl/N-ethyl adjacent to an activating group) is 1. The van der Waals surface area contributed by atoms with Crippen LogP contribution in [0, 0.1) is 5.82 Å². The van der Waals surface area contributed by atoms with Crippen LogP contribution in [0.4, 0.5) is 4.39 Å². The van der Waals surface area contributed by atoms with Crippen LogP contribution in [0.15, 0.2) is 22.7 Å². The van der Waals surface area contributed by atoms with E-state index in [0.29, 0.717) is 6.54 Å². The van der Waals surface area contributed by atoms with Crippen molar-refractivity contribution in [2.24, 2.45) is 5.73 Å². The monoisotopic (exact) mass is 334 g/mol. The Bertz CT molecular complexity index is 376. The summed E-state index contributed by atoms with van der Waals surface area (Å²) in [7, 11) is 2.06. The molecule has 0 radical (unpaired) electrons. The fourth-order valence-corrected chi connectivity index (χ4v) is 2.96. The molecule has 0 amide bonds. The lowest BCUT2D eigenvalue weighted by molar-refractivity contribution is 0.250. The molecule has 1 rings (SSSR count). The highest BCUT2D eigenvalue weighted by atomic mass is 79.9. The molecule has 0 aliphatic carbocycles. The Morgan fingerprint density at radius 3 is 2.78 bits per heavy atom. The van der Waals surface area contributed by atoms with Crippen molar-refractivity contribution in [2.75, 3.05) is 32.1 Å². The van der Waals surface area contributed by atoms with Gasteiger partial charge in [-0.15, -0.1) is 0 Å². The second-order valence-electron chi connectivity index (χ2n) is 4.24. The van der Waals surface area contributed by atoms with Gasteiger partial charge >= 0.3 is 0 Å². The molecule has 18 heavy (non-hydrogen) atoms. The molecular weight excluding hydrogens is 315 g/mol. The average Bonchev–Trinajstić information content (AvgIpc) is 2.33. The highest BCUT2D eigenvalue weighted by Gasteiger charge is 2.17. The molecule has 0 heterocycles. The first kappa shape index (κ1) is 16.0. The fourth-order valence-electron chi connectivity index (χ4n) is 1.93. The van der Waals surface area contributed by atoms with E-state index in [4.69, 9.17) is 5.73 Å². The van der Waals surface area contributed by atoms with Crippen LogP contribution in [-0.2, 0) is 0 Å². The van der Waals surface area contributed by atoms with Gasteiger partial charge in [0.2, 0.25) is 0 Å². The predicted molar refractivity (Wildman–Crippen MR) is 81.5 cm³/mol. The van der Waals surface area contributed by atoms with E-state index < -0.39 is 0 Å². The van der Waals surface area contributed by atoms with E-state index in [1.54, 1.807) is 0 Å². The number of hydrogen-bond donors (Lipinski definition) is 1. The van der Waals surface area contributed by atoms with Gasteiger partial charge in [-0.05, 0) is 49.7 Å². The number of benzene rings is 1. The number of nitrogens with two attached hydrogens (primary N) is 1. The second kappa shape index (κ2) is 8.15. The van der Waals surface area contributed by atoms with Gasteiger partial charge in [-0.2, -0.15) is 11.8 Å². The highest BCUT2D eigenvalue weighted by Crippen LogP contribution is 2.27. The van der Waals surface area contributed by atoms with Crippen molar-refractivity contribution in [3.05, 3.63) is 34.1 Å². The van der Waals surface area contributed by atoms with Crippen LogP contribution in [-0.4, -0.2) is 37.0 Å². The normalized spacial score (nSPS) is 13.0. The van der Waals surface area contributed by atoms with Gasteiger partial charge in [-0.25, -0.2) is 4.39 Å². The van der Waals surface area contributed by atoms with Crippen LogP contribution in [0.25, 0.3) is 0 Å². The lowest BCUT2D eigenvalue weighted by atomic mass is 10.1. The number of nitrogens with zero attached hydrogens (tertiary/aromatic N) is 1. The summed E-state index contributed by atoms with van der Waals surface area (Å²) in [4.78, 5) is 2.23. The lowest BCUT2D eigenvalue weighted by Crippen LogP contribution is -2.31. The zero-order valence-electron chi connectivity index (χ0n) is 10.8. The van der Waals surface area contributed by atoms with Crippen molar-refractivity contribution in [1.29, 1.82) is 0 Å². The largest absolute Gasteiger partial charge is 0.329 e. The summed E-state index contributed by atoms with van der Waals surface area (Å²) < 4.78 is 13.9. The zero-order valence-corrected chi connectivity index (χ0v) is 13.2. The van der Waals surface area contributed by atoms with Crippen molar-refractivity contribution in [1.82, 2.24) is 4.90 Å². The standard InChI is InChI=1S/C13H20BrFN2S/c1-17(6-3-7-18-2)13(9-16)11-5-4-10(15)8-12(11)14/h4-5,8,13H,3,6-7,9,16H2,1-2H3. The van der Waals surface area contributed by atoms with E-state index in [1.165, 1.54) is 12.1 Å². The van der Waals surface area contributed by atoms with Crippen molar-refractivity contribution < 1.29 is 4.39 Å². The Morgan fingerprint density at radius 1 is 1.50 bits per heavy atom. The van der Waals surface area contributed by atoms with Gasteiger partial charge < -0.3 is 5.73 Å². The van der Waals surface area contributed by atoms with E-state index in [9.17, 15) is 4.39 Å². The second-order valence-corrected chi connectivity index (χ2v) is 6.08. The lowest BCUT2D eigenvalue weighted by Gasteiger charge is -2.28. The van der Waals surface area contributed by atoms with Gasteiger partial charge in [0, 0.05) is 17.1 Å². The van der Waals surface area contributed by atoms with Crippen molar-refractivity contribution >= 4 is 27.7 Å². The molecule has 0 saturated heterocycles. The first-order valence-electron chi connectivity index (χ1n) is 5.94. The molecule has 0 aromatic heterocycles. The van der Waals surface area contributed by atoms with Crippen LogP contribution in [0.5, 0.6) is 0 Å². The Hall–Kier alpha value is -0.100. The molecule has 102 valence electrons. The third-order valence-corrected chi connectivity index (χ3v) is 4.32. The van der Waals surface area contributed by atoms with Gasteiger partial charge in [0.1, 0.15) is 5.82 Å². The smallest absolute Gasteiger partial charge is 0.124 e. The minimum absolute atomic E-state index is 0.127. The molecule has 1 atom stereocenters. The summed E-state index contributed by atoms with van der Waals surface area (Å²) in [6, 6.07) is 4.91. The molecule has 0 bridgehead atoms. The average molecular weight is 335 g/mol. The maximum Gasteiger partial charge on any atom is 0.124 e. The number of halogens is 2. The Kier molecular flexibility index (Phi) is 7.22. The van der Waals surface area contributed by atoms with Crippen LogP contribution < -0.4 is 5.73 Å². The molecule has 0 fully saturated rings. The summed E-state index contributed by atoms with van der Waals surface area (Å²) in [6.07, 6.45) is 3.24. The number of thioether (sulfide) groups is 1. The Balaban J connectivity index is 2.75. The van der Waals surface area contributed by atoms with E-state index in [2.05, 4.69) is 34.1 Å². The molecule has 0 spiro atoms. The number of hydrogen-bond acceptors (Lipinski definition) is 3. The van der Waals surface area contributed by atoms with Crippen LogP contribution in [0.3, 0.4) is 0 Å². The number of rotatable bonds is 7. The maximum atomic E-state index is 13.1. The molecule has 0 aliphatic rings. The first-order chi connectivity index (χ1) is 8.60. The Morgan fingerprint density at radius 2 is 2.22 bits per heavy atom. The molecule has 0 aliphatic heterocycles. The van der Waals surface area contributed by atoms with Crippen LogP contribution in [0.1, 0.15) is 18.0 Å². The third-order valence-electron chi connectivity index (χ3n) is 2.94. The van der Waals surface area contributed by atoms with Crippen molar-refractivity contribution in [3.63, 3.8) is 0 Å². The molecule has 1 unspecified atom stereocenters. The van der Waals surface area contributed by atoms with Gasteiger partial charge in [0.05, 0.1) is 0 Å². The van der Waals surface area contributed by atoms with Gasteiger partial charge in [0.15, 0.2) is 0 Å². The van der Waals surface area contributed by atoms with E-state index in [-0.39, 0.29) is 11.9 Å². The molecule has 1 aromatic carbocycles. The molecule has 0 saturated carbocycles. The summed E-state index contributed by atoms with van der Waals surface area (Å²) in [5, 5.41) is 0. The van der Waals surface area contributed by atoms with E-state index in [0.717, 1.165) is 28.8 Å². The molecule has 5 heteroatoms. The van der Waals surface area contributed by atoms with E-state index in [1.807, 2.05) is 17.8 Å². The third kappa shape index (κ3) is 4.53. The SMILES string of the molecule is CSCCCN(C)C(CN)c1ccc(F)cc1Br. The van der Waals surface area contributed by atoms with Crippen LogP contribution in [0.2, 0.25) is 0 Å². The summed E-state index contributed by atoms with van der Waals surface area (Å²) in [5.41, 5.74) is 6.90. The first-order valence-corrected chi connectivity index (χ1v) is 8.13. The van der Waals surface area contributed by atoms with Gasteiger partial charge in [0.25, 0.3) is 0 Å². The summed E-state index contributed by atoms with van der Waals surface area (Å²) in [5.74, 6) is 0.915. The molecule has 2 N–H and O–H groups in total. The van der Waals surface area contributed by atoms with Gasteiger partial charge in [-0.1, -0.05) is 22.0 Å². The summed E-state index contributed by atoms with van der Waals surface area (Å²) in [6.45, 7) is 1.52. The zero-order chi connectivity index (χ0) is 13.5. The molecule has 1 aromatic rings. The van der Waals surface area contributed by atoms with Crippen molar-refractivity contribution in [3.8, 4) is 0 Å². The topological polar surface area (TPSA) is 29.3 Å². The fraction of sp³-hybridized carbons (Fsp3) is 0.538. The predicted octanol–water partition coefficient (Wildman–Crippen LogP) is 3.27. The molecular formula is C13H20BrFN2S. The quantitative estimate of drug-likeness (QED) is 0.776. The summed E-state index contributed by atoms with van der Waals surface area (Å²) >= 11 is 5.26. The molecule has 2 nitrogen and oxygen atoms in total. The van der Waals surface area contributed by atoms with Crippen LogP contribution >= 0.6 is 27.7 Å². The Labute approximate surface area is 121 Å². The minimum Gasteiger partial charge on any atom is -0.329 e. The van der Waals surface area contributed by atoms with E-state index >= 15 is 0 Å². The van der Waals surface area contributed by atoms with Crippen molar-refractivity contribution in [2.45, 2.75) is 12.5 Å². The highest BCUT2D eigenvalue weighted by molar-refractivity contribution is 9.10. The minimum atomic E-state index is -0.230.